The first-order chi connectivity index (χ1) is 8.81. The van der Waals surface area contributed by atoms with Gasteiger partial charge >= 0.3 is 0 Å². The van der Waals surface area contributed by atoms with E-state index >= 15 is 0 Å². The van der Waals surface area contributed by atoms with E-state index in [9.17, 15) is 0 Å². The minimum Gasteiger partial charge on any atom is -0.490 e. The maximum Gasteiger partial charge on any atom is 0.138 e. The lowest BCUT2D eigenvalue weighted by atomic mass is 10.2. The van der Waals surface area contributed by atoms with Crippen LogP contribution in [0, 0.1) is 0 Å². The molecule has 2 aromatic rings. The molecule has 0 amide bonds. The molecule has 2 rings (SSSR count). The normalized spacial score (nSPS) is 10.6. The van der Waals surface area contributed by atoms with Gasteiger partial charge in [-0.3, -0.25) is 0 Å². The molecule has 0 unspecified atom stereocenters. The lowest BCUT2D eigenvalue weighted by Gasteiger charge is -2.13. The monoisotopic (exact) mass is 309 g/mol. The van der Waals surface area contributed by atoms with Gasteiger partial charge in [0.25, 0.3) is 0 Å². The number of nitrogens with zero attached hydrogens (tertiary/aromatic N) is 2. The highest BCUT2D eigenvalue weighted by atomic mass is 79.9. The number of para-hydroxylation sites is 1. The maximum absolute atomic E-state index is 5.86. The fraction of sp³-hybridized carbons (Fsp3) is 0.308. The van der Waals surface area contributed by atoms with E-state index in [2.05, 4.69) is 32.3 Å². The van der Waals surface area contributed by atoms with E-state index in [0.717, 1.165) is 28.9 Å². The fourth-order valence-electron chi connectivity index (χ4n) is 1.72. The fourth-order valence-corrected chi connectivity index (χ4v) is 2.24. The zero-order chi connectivity index (χ0) is 12.8. The predicted octanol–water partition coefficient (Wildman–Crippen LogP) is 2.44. The lowest BCUT2D eigenvalue weighted by molar-refractivity contribution is 0.293. The summed E-state index contributed by atoms with van der Waals surface area (Å²) < 4.78 is 8.84. The average molecular weight is 310 g/mol. The predicted molar refractivity (Wildman–Crippen MR) is 74.6 cm³/mol. The van der Waals surface area contributed by atoms with Crippen LogP contribution < -0.4 is 10.1 Å². The molecule has 0 aliphatic carbocycles. The van der Waals surface area contributed by atoms with Crippen molar-refractivity contribution in [1.82, 2.24) is 14.9 Å². The Morgan fingerprint density at radius 3 is 3.06 bits per heavy atom. The molecule has 4 nitrogen and oxygen atoms in total. The molecule has 0 spiro atoms. The topological polar surface area (TPSA) is 39.1 Å². The van der Waals surface area contributed by atoms with Crippen molar-refractivity contribution in [2.75, 3.05) is 13.7 Å². The van der Waals surface area contributed by atoms with Crippen LogP contribution in [0.1, 0.15) is 5.56 Å². The van der Waals surface area contributed by atoms with Crippen molar-refractivity contribution < 1.29 is 4.74 Å². The summed E-state index contributed by atoms with van der Waals surface area (Å²) in [5.41, 5.74) is 1.15. The van der Waals surface area contributed by atoms with Gasteiger partial charge in [-0.15, -0.1) is 0 Å². The number of hydrogen-bond acceptors (Lipinski definition) is 3. The number of nitrogens with one attached hydrogen (secondary N) is 1. The molecule has 1 heterocycles. The Morgan fingerprint density at radius 2 is 2.33 bits per heavy atom. The van der Waals surface area contributed by atoms with Crippen molar-refractivity contribution >= 4 is 15.9 Å². The second kappa shape index (κ2) is 6.56. The number of benzene rings is 1. The molecule has 5 heteroatoms. The van der Waals surface area contributed by atoms with E-state index in [1.54, 1.807) is 12.5 Å². The van der Waals surface area contributed by atoms with Crippen LogP contribution >= 0.6 is 15.9 Å². The Hall–Kier alpha value is -1.33. The third kappa shape index (κ3) is 3.34. The van der Waals surface area contributed by atoms with Crippen molar-refractivity contribution in [3.63, 3.8) is 0 Å². The highest BCUT2D eigenvalue weighted by Crippen LogP contribution is 2.29. The zero-order valence-corrected chi connectivity index (χ0v) is 11.9. The average Bonchev–Trinajstić information content (AvgIpc) is 2.86. The van der Waals surface area contributed by atoms with E-state index in [-0.39, 0.29) is 0 Å². The number of ether oxygens (including phenoxy) is 1. The zero-order valence-electron chi connectivity index (χ0n) is 10.3. The van der Waals surface area contributed by atoms with Crippen LogP contribution in [0.25, 0.3) is 0 Å². The van der Waals surface area contributed by atoms with Crippen LogP contribution in [-0.2, 0) is 13.1 Å². The summed E-state index contributed by atoms with van der Waals surface area (Å²) in [6.07, 6.45) is 5.49. The van der Waals surface area contributed by atoms with Gasteiger partial charge in [-0.05, 0) is 29.0 Å². The first-order valence-electron chi connectivity index (χ1n) is 5.82. The highest BCUT2D eigenvalue weighted by Gasteiger charge is 2.07. The van der Waals surface area contributed by atoms with Crippen molar-refractivity contribution in [3.05, 3.63) is 47.0 Å². The third-order valence-electron chi connectivity index (χ3n) is 2.57. The molecule has 0 aliphatic heterocycles. The molecular weight excluding hydrogens is 294 g/mol. The standard InChI is InChI=1S/C13H16BrN3O/c1-15-9-11-3-2-4-12(14)13(11)18-8-7-17-6-5-16-10-17/h2-6,10,15H,7-9H2,1H3. The second-order valence-corrected chi connectivity index (χ2v) is 4.76. The van der Waals surface area contributed by atoms with Gasteiger partial charge in [-0.25, -0.2) is 4.98 Å². The number of halogens is 1. The van der Waals surface area contributed by atoms with Crippen LogP contribution in [0.15, 0.2) is 41.4 Å². The van der Waals surface area contributed by atoms with Gasteiger partial charge in [-0.2, -0.15) is 0 Å². The molecule has 0 fully saturated rings. The molecule has 0 atom stereocenters. The highest BCUT2D eigenvalue weighted by molar-refractivity contribution is 9.10. The van der Waals surface area contributed by atoms with Gasteiger partial charge in [0.1, 0.15) is 12.4 Å². The van der Waals surface area contributed by atoms with Gasteiger partial charge in [0.05, 0.1) is 17.3 Å². The molecule has 0 saturated heterocycles. The molecule has 1 aromatic heterocycles. The molecule has 18 heavy (non-hydrogen) atoms. The van der Waals surface area contributed by atoms with E-state index in [1.165, 1.54) is 0 Å². The number of imidazole rings is 1. The Bertz CT molecular complexity index is 485. The first-order valence-corrected chi connectivity index (χ1v) is 6.61. The molecule has 0 aliphatic rings. The summed E-state index contributed by atoms with van der Waals surface area (Å²) in [7, 11) is 1.93. The Morgan fingerprint density at radius 1 is 1.44 bits per heavy atom. The summed E-state index contributed by atoms with van der Waals surface area (Å²) in [4.78, 5) is 4.00. The molecule has 1 N–H and O–H groups in total. The summed E-state index contributed by atoms with van der Waals surface area (Å²) in [6.45, 7) is 2.20. The Kier molecular flexibility index (Phi) is 4.78. The van der Waals surface area contributed by atoms with Crippen molar-refractivity contribution in [2.24, 2.45) is 0 Å². The van der Waals surface area contributed by atoms with E-state index in [0.29, 0.717) is 6.61 Å². The summed E-state index contributed by atoms with van der Waals surface area (Å²) >= 11 is 3.52. The molecular formula is C13H16BrN3O. The third-order valence-corrected chi connectivity index (χ3v) is 3.20. The molecule has 0 bridgehead atoms. The van der Waals surface area contributed by atoms with Crippen molar-refractivity contribution in [1.29, 1.82) is 0 Å². The minimum atomic E-state index is 0.621. The number of rotatable bonds is 6. The molecule has 0 radical (unpaired) electrons. The summed E-state index contributed by atoms with van der Waals surface area (Å²) in [5.74, 6) is 0.909. The van der Waals surface area contributed by atoms with Crippen LogP contribution in [-0.4, -0.2) is 23.2 Å². The van der Waals surface area contributed by atoms with E-state index in [4.69, 9.17) is 4.74 Å². The molecule has 1 aromatic carbocycles. The number of aromatic nitrogens is 2. The lowest BCUT2D eigenvalue weighted by Crippen LogP contribution is -2.11. The van der Waals surface area contributed by atoms with Gasteiger partial charge in [0.2, 0.25) is 0 Å². The molecule has 96 valence electrons. The van der Waals surface area contributed by atoms with Crippen LogP contribution in [0.2, 0.25) is 0 Å². The van der Waals surface area contributed by atoms with Gasteiger partial charge < -0.3 is 14.6 Å². The SMILES string of the molecule is CNCc1cccc(Br)c1OCCn1ccnc1. The minimum absolute atomic E-state index is 0.621. The van der Waals surface area contributed by atoms with Gasteiger partial charge in [0, 0.05) is 24.5 Å². The first kappa shape index (κ1) is 13.1. The van der Waals surface area contributed by atoms with E-state index < -0.39 is 0 Å². The van der Waals surface area contributed by atoms with Crippen LogP contribution in [0.4, 0.5) is 0 Å². The van der Waals surface area contributed by atoms with Crippen LogP contribution in [0.3, 0.4) is 0 Å². The second-order valence-electron chi connectivity index (χ2n) is 3.91. The van der Waals surface area contributed by atoms with Crippen molar-refractivity contribution in [3.8, 4) is 5.75 Å². The maximum atomic E-state index is 5.86. The van der Waals surface area contributed by atoms with Gasteiger partial charge in [0.15, 0.2) is 0 Å². The van der Waals surface area contributed by atoms with Gasteiger partial charge in [-0.1, -0.05) is 12.1 Å². The largest absolute Gasteiger partial charge is 0.490 e. The smallest absolute Gasteiger partial charge is 0.138 e. The number of hydrogen-bond donors (Lipinski definition) is 1. The van der Waals surface area contributed by atoms with E-state index in [1.807, 2.05) is 29.9 Å². The summed E-state index contributed by atoms with van der Waals surface area (Å²) in [6, 6.07) is 6.07. The van der Waals surface area contributed by atoms with Crippen molar-refractivity contribution in [2.45, 2.75) is 13.1 Å². The Balaban J connectivity index is 1.99. The summed E-state index contributed by atoms with van der Waals surface area (Å²) in [5, 5.41) is 3.14. The molecule has 0 saturated carbocycles. The van der Waals surface area contributed by atoms with Crippen LogP contribution in [0.5, 0.6) is 5.75 Å². The quantitative estimate of drug-likeness (QED) is 0.891. The Labute approximate surface area is 115 Å².